The molecule has 11 nitrogen and oxygen atoms in total. The summed E-state index contributed by atoms with van der Waals surface area (Å²) in [6.45, 7) is 6.72. The zero-order chi connectivity index (χ0) is 29.7. The van der Waals surface area contributed by atoms with E-state index in [1.165, 1.54) is 33.2 Å². The van der Waals surface area contributed by atoms with Crippen LogP contribution in [0, 0.1) is 20.8 Å². The number of aliphatic hydroxyl groups excluding tert-OH is 1. The number of hydrogen-bond donors (Lipinski definition) is 1. The molecule has 1 aliphatic rings. The van der Waals surface area contributed by atoms with E-state index in [9.17, 15) is 19.5 Å². The van der Waals surface area contributed by atoms with Crippen LogP contribution in [0.25, 0.3) is 11.4 Å². The molecule has 1 saturated heterocycles. The molecular weight excluding hydrogens is 548 g/mol. The number of ether oxygens (including phenoxy) is 3. The van der Waals surface area contributed by atoms with E-state index < -0.39 is 23.5 Å². The van der Waals surface area contributed by atoms with Crippen LogP contribution in [0.2, 0.25) is 0 Å². The van der Waals surface area contributed by atoms with Gasteiger partial charge in [0.15, 0.2) is 28.2 Å². The smallest absolute Gasteiger partial charge is 0.301 e. The Morgan fingerprint density at radius 2 is 1.68 bits per heavy atom. The van der Waals surface area contributed by atoms with Crippen molar-refractivity contribution in [3.05, 3.63) is 69.1 Å². The average molecular weight is 577 g/mol. The molecule has 1 N–H and O–H groups in total. The Kier molecular flexibility index (Phi) is 7.03. The maximum absolute atomic E-state index is 13.7. The molecule has 0 spiro atoms. The van der Waals surface area contributed by atoms with Gasteiger partial charge in [0.25, 0.3) is 5.78 Å². The second kappa shape index (κ2) is 10.4. The topological polar surface area (TPSA) is 133 Å². The van der Waals surface area contributed by atoms with E-state index in [2.05, 4.69) is 9.97 Å². The number of ketones is 2. The third-order valence-electron chi connectivity index (χ3n) is 7.07. The lowest BCUT2D eigenvalue weighted by Crippen LogP contribution is -2.29. The van der Waals surface area contributed by atoms with Crippen LogP contribution in [0.15, 0.2) is 36.0 Å². The number of amides is 1. The summed E-state index contributed by atoms with van der Waals surface area (Å²) in [6.07, 6.45) is 1.80. The first-order valence-corrected chi connectivity index (χ1v) is 13.4. The van der Waals surface area contributed by atoms with Gasteiger partial charge in [-0.25, -0.2) is 9.97 Å². The predicted molar refractivity (Wildman–Crippen MR) is 152 cm³/mol. The van der Waals surface area contributed by atoms with Crippen LogP contribution in [-0.2, 0) is 9.59 Å². The number of thiazole rings is 1. The standard InChI is InChI=1S/C29H28N4O7S/c1-13-9-8-10-32-15(3)21(31-27(13)32)23(35)20-22(17-11-18(38-5)25(40-7)19(12-17)39-6)33(28(37)24(20)36)29-30-14(2)26(41-29)16(4)34/h8-12,22,35H,1-7H3/b23-20+. The lowest BCUT2D eigenvalue weighted by Gasteiger charge is -2.24. The minimum Gasteiger partial charge on any atom is -0.505 e. The summed E-state index contributed by atoms with van der Waals surface area (Å²) in [7, 11) is 4.36. The van der Waals surface area contributed by atoms with E-state index in [4.69, 9.17) is 14.2 Å². The van der Waals surface area contributed by atoms with Gasteiger partial charge in [0.1, 0.15) is 11.3 Å². The van der Waals surface area contributed by atoms with Gasteiger partial charge in [0, 0.05) is 13.1 Å². The number of carbonyl (C=O) groups is 3. The van der Waals surface area contributed by atoms with Gasteiger partial charge in [0.05, 0.1) is 49.2 Å². The number of anilines is 1. The number of aliphatic hydroxyl groups is 1. The molecule has 0 aliphatic carbocycles. The molecule has 1 fully saturated rings. The average Bonchev–Trinajstić information content (AvgIpc) is 3.59. The number of nitrogens with zero attached hydrogens (tertiary/aromatic N) is 4. The molecule has 1 atom stereocenters. The number of aromatic nitrogens is 3. The van der Waals surface area contributed by atoms with Crippen molar-refractivity contribution in [2.24, 2.45) is 0 Å². The Labute approximate surface area is 239 Å². The monoisotopic (exact) mass is 576 g/mol. The number of fused-ring (bicyclic) bond motifs is 1. The van der Waals surface area contributed by atoms with Crippen LogP contribution in [0.5, 0.6) is 17.2 Å². The number of Topliss-reactive ketones (excluding diaryl/α,β-unsaturated/α-hetero) is 2. The van der Waals surface area contributed by atoms with Gasteiger partial charge in [-0.15, -0.1) is 0 Å². The molecule has 1 aliphatic heterocycles. The second-order valence-corrected chi connectivity index (χ2v) is 10.5. The molecule has 4 aromatic rings. The van der Waals surface area contributed by atoms with Crippen molar-refractivity contribution in [3.8, 4) is 17.2 Å². The molecule has 41 heavy (non-hydrogen) atoms. The zero-order valence-corrected chi connectivity index (χ0v) is 24.4. The van der Waals surface area contributed by atoms with Crippen molar-refractivity contribution in [2.75, 3.05) is 26.2 Å². The van der Waals surface area contributed by atoms with Gasteiger partial charge in [-0.2, -0.15) is 0 Å². The number of benzene rings is 1. The Morgan fingerprint density at radius 3 is 2.22 bits per heavy atom. The molecule has 1 unspecified atom stereocenters. The number of aryl methyl sites for hydroxylation is 3. The molecule has 5 rings (SSSR count). The van der Waals surface area contributed by atoms with E-state index in [1.807, 2.05) is 19.1 Å². The molecule has 0 radical (unpaired) electrons. The lowest BCUT2D eigenvalue weighted by atomic mass is 9.95. The van der Waals surface area contributed by atoms with Crippen molar-refractivity contribution < 1.29 is 33.7 Å². The van der Waals surface area contributed by atoms with Crippen LogP contribution < -0.4 is 19.1 Å². The number of carbonyl (C=O) groups excluding carboxylic acids is 3. The third kappa shape index (κ3) is 4.31. The fourth-order valence-electron chi connectivity index (χ4n) is 5.09. The Hall–Kier alpha value is -4.71. The summed E-state index contributed by atoms with van der Waals surface area (Å²) >= 11 is 0.996. The molecular formula is C29H28N4O7S. The van der Waals surface area contributed by atoms with Crippen LogP contribution in [-0.4, -0.2) is 58.3 Å². The number of methoxy groups -OCH3 is 3. The highest BCUT2D eigenvalue weighted by molar-refractivity contribution is 7.18. The maximum atomic E-state index is 13.7. The summed E-state index contributed by atoms with van der Waals surface area (Å²) in [5.41, 5.74) is 2.84. The van der Waals surface area contributed by atoms with Crippen LogP contribution >= 0.6 is 11.3 Å². The number of hydrogen-bond acceptors (Lipinski definition) is 10. The summed E-state index contributed by atoms with van der Waals surface area (Å²) in [4.78, 5) is 50.3. The van der Waals surface area contributed by atoms with Crippen LogP contribution in [0.1, 0.15) is 50.8 Å². The SMILES string of the molecule is COc1cc(C2/C(=C(\O)c3nc4c(C)cccn4c3C)C(=O)C(=O)N2c2nc(C)c(C(C)=O)s2)cc(OC)c1OC. The van der Waals surface area contributed by atoms with Crippen molar-refractivity contribution in [2.45, 2.75) is 33.7 Å². The first-order valence-electron chi connectivity index (χ1n) is 12.6. The fraction of sp³-hybridized carbons (Fsp3) is 0.276. The fourth-order valence-corrected chi connectivity index (χ4v) is 6.08. The van der Waals surface area contributed by atoms with E-state index >= 15 is 0 Å². The largest absolute Gasteiger partial charge is 0.505 e. The first kappa shape index (κ1) is 27.8. The van der Waals surface area contributed by atoms with Gasteiger partial charge >= 0.3 is 5.91 Å². The maximum Gasteiger partial charge on any atom is 0.301 e. The minimum atomic E-state index is -1.15. The summed E-state index contributed by atoms with van der Waals surface area (Å²) in [5.74, 6) is -1.61. The number of rotatable bonds is 7. The van der Waals surface area contributed by atoms with Crippen molar-refractivity contribution in [1.82, 2.24) is 14.4 Å². The molecule has 1 amide bonds. The summed E-state index contributed by atoms with van der Waals surface area (Å²) < 4.78 is 18.3. The van der Waals surface area contributed by atoms with E-state index in [-0.39, 0.29) is 33.7 Å². The number of imidazole rings is 1. The zero-order valence-electron chi connectivity index (χ0n) is 23.6. The summed E-state index contributed by atoms with van der Waals surface area (Å²) in [6, 6.07) is 5.79. The summed E-state index contributed by atoms with van der Waals surface area (Å²) in [5, 5.41) is 11.9. The number of pyridine rings is 1. The molecule has 12 heteroatoms. The molecule has 1 aromatic carbocycles. The molecule has 0 bridgehead atoms. The van der Waals surface area contributed by atoms with Crippen molar-refractivity contribution in [1.29, 1.82) is 0 Å². The van der Waals surface area contributed by atoms with E-state index in [0.29, 0.717) is 33.2 Å². The van der Waals surface area contributed by atoms with Gasteiger partial charge in [-0.1, -0.05) is 17.4 Å². The van der Waals surface area contributed by atoms with E-state index in [1.54, 1.807) is 36.6 Å². The molecule has 3 aromatic heterocycles. The predicted octanol–water partition coefficient (Wildman–Crippen LogP) is 4.57. The van der Waals surface area contributed by atoms with E-state index in [0.717, 1.165) is 16.9 Å². The van der Waals surface area contributed by atoms with Crippen LogP contribution in [0.3, 0.4) is 0 Å². The van der Waals surface area contributed by atoms with Gasteiger partial charge < -0.3 is 23.7 Å². The quantitative estimate of drug-likeness (QED) is 0.145. The molecule has 0 saturated carbocycles. The van der Waals surface area contributed by atoms with Gasteiger partial charge in [-0.05, 0) is 50.1 Å². The minimum absolute atomic E-state index is 0.134. The first-order chi connectivity index (χ1) is 19.5. The third-order valence-corrected chi connectivity index (χ3v) is 8.32. The van der Waals surface area contributed by atoms with Crippen molar-refractivity contribution in [3.63, 3.8) is 0 Å². The Morgan fingerprint density at radius 1 is 1.02 bits per heavy atom. The highest BCUT2D eigenvalue weighted by Crippen LogP contribution is 2.48. The molecule has 212 valence electrons. The normalized spacial score (nSPS) is 16.5. The Bertz CT molecular complexity index is 1760. The second-order valence-electron chi connectivity index (χ2n) is 9.53. The molecule has 4 heterocycles. The highest BCUT2D eigenvalue weighted by Gasteiger charge is 2.49. The van der Waals surface area contributed by atoms with Crippen molar-refractivity contribution >= 4 is 45.3 Å². The van der Waals surface area contributed by atoms with Gasteiger partial charge in [-0.3, -0.25) is 19.3 Å². The highest BCUT2D eigenvalue weighted by atomic mass is 32.1. The van der Waals surface area contributed by atoms with Gasteiger partial charge in [0.2, 0.25) is 5.75 Å². The Balaban J connectivity index is 1.83. The lowest BCUT2D eigenvalue weighted by molar-refractivity contribution is -0.132. The van der Waals surface area contributed by atoms with Crippen LogP contribution in [0.4, 0.5) is 5.13 Å².